The molecule has 3 nitrogen and oxygen atoms in total. The fourth-order valence-corrected chi connectivity index (χ4v) is 2.80. The zero-order chi connectivity index (χ0) is 14.5. The average molecular weight is 315 g/mol. The molecule has 110 valence electrons. The van der Waals surface area contributed by atoms with Crippen LogP contribution in [0, 0.1) is 0 Å². The van der Waals surface area contributed by atoms with Crippen LogP contribution in [-0.2, 0) is 11.3 Å². The van der Waals surface area contributed by atoms with Crippen molar-refractivity contribution >= 4 is 29.1 Å². The second kappa shape index (κ2) is 7.30. The maximum absolute atomic E-state index is 12.3. The minimum Gasteiger partial charge on any atom is -0.341 e. The summed E-state index contributed by atoms with van der Waals surface area (Å²) in [5.41, 5.74) is 0.914. The molecule has 1 saturated heterocycles. The van der Waals surface area contributed by atoms with Gasteiger partial charge in [0, 0.05) is 29.7 Å². The first-order valence-corrected chi connectivity index (χ1v) is 7.79. The van der Waals surface area contributed by atoms with Crippen LogP contribution in [0.2, 0.25) is 10.0 Å². The van der Waals surface area contributed by atoms with Gasteiger partial charge in [-0.05, 0) is 49.9 Å². The zero-order valence-electron chi connectivity index (χ0n) is 11.7. The third-order valence-corrected chi connectivity index (χ3v) is 4.25. The van der Waals surface area contributed by atoms with Crippen LogP contribution in [0.3, 0.4) is 0 Å². The zero-order valence-corrected chi connectivity index (χ0v) is 13.2. The number of likely N-dealkylation sites (tertiary alicyclic amines) is 1. The van der Waals surface area contributed by atoms with E-state index in [0.29, 0.717) is 16.6 Å². The molecular weight excluding hydrogens is 295 g/mol. The van der Waals surface area contributed by atoms with E-state index in [2.05, 4.69) is 5.32 Å². The lowest BCUT2D eigenvalue weighted by Gasteiger charge is -2.29. The largest absolute Gasteiger partial charge is 0.341 e. The van der Waals surface area contributed by atoms with Gasteiger partial charge in [-0.2, -0.15) is 0 Å². The van der Waals surface area contributed by atoms with Crippen LogP contribution in [0.1, 0.15) is 31.7 Å². The second-order valence-corrected chi connectivity index (χ2v) is 6.07. The number of nitrogens with one attached hydrogen (secondary N) is 1. The van der Waals surface area contributed by atoms with Crippen LogP contribution in [0.25, 0.3) is 0 Å². The molecule has 1 heterocycles. The van der Waals surface area contributed by atoms with Gasteiger partial charge in [-0.3, -0.25) is 4.79 Å². The molecule has 2 rings (SSSR count). The van der Waals surface area contributed by atoms with E-state index in [1.54, 1.807) is 12.1 Å². The van der Waals surface area contributed by atoms with Crippen molar-refractivity contribution in [1.82, 2.24) is 10.2 Å². The summed E-state index contributed by atoms with van der Waals surface area (Å²) in [6.07, 6.45) is 3.45. The van der Waals surface area contributed by atoms with Crippen molar-refractivity contribution in [3.05, 3.63) is 33.8 Å². The van der Waals surface area contributed by atoms with E-state index in [0.717, 1.165) is 31.5 Å². The Morgan fingerprint density at radius 1 is 1.30 bits per heavy atom. The molecule has 0 aliphatic carbocycles. The Balaban J connectivity index is 1.89. The van der Waals surface area contributed by atoms with E-state index < -0.39 is 0 Å². The standard InChI is InChI=1S/C15H20Cl2N2O/c1-11(15(20)19-7-3-2-4-8-19)18-10-12-9-13(16)5-6-14(12)17/h5-6,9,11,18H,2-4,7-8,10H2,1H3. The summed E-state index contributed by atoms with van der Waals surface area (Å²) in [5.74, 6) is 0.169. The van der Waals surface area contributed by atoms with Gasteiger partial charge in [0.05, 0.1) is 6.04 Å². The molecule has 0 spiro atoms. The van der Waals surface area contributed by atoms with E-state index >= 15 is 0 Å². The SMILES string of the molecule is CC(NCc1cc(Cl)ccc1Cl)C(=O)N1CCCCC1. The van der Waals surface area contributed by atoms with E-state index in [-0.39, 0.29) is 11.9 Å². The monoisotopic (exact) mass is 314 g/mol. The van der Waals surface area contributed by atoms with Crippen LogP contribution in [-0.4, -0.2) is 29.9 Å². The summed E-state index contributed by atoms with van der Waals surface area (Å²) in [6.45, 7) is 4.20. The highest BCUT2D eigenvalue weighted by Crippen LogP contribution is 2.20. The number of hydrogen-bond donors (Lipinski definition) is 1. The predicted molar refractivity (Wildman–Crippen MR) is 83.2 cm³/mol. The summed E-state index contributed by atoms with van der Waals surface area (Å²) in [6, 6.07) is 5.16. The van der Waals surface area contributed by atoms with Gasteiger partial charge in [0.2, 0.25) is 5.91 Å². The molecule has 1 unspecified atom stereocenters. The normalized spacial score (nSPS) is 17.1. The molecular formula is C15H20Cl2N2O. The van der Waals surface area contributed by atoms with Crippen LogP contribution < -0.4 is 5.32 Å². The van der Waals surface area contributed by atoms with Gasteiger partial charge in [0.25, 0.3) is 0 Å². The van der Waals surface area contributed by atoms with Crippen molar-refractivity contribution in [1.29, 1.82) is 0 Å². The molecule has 5 heteroatoms. The Labute approximate surface area is 130 Å². The van der Waals surface area contributed by atoms with Gasteiger partial charge in [-0.25, -0.2) is 0 Å². The van der Waals surface area contributed by atoms with E-state index in [1.165, 1.54) is 6.42 Å². The lowest BCUT2D eigenvalue weighted by atomic mass is 10.1. The topological polar surface area (TPSA) is 32.3 Å². The maximum atomic E-state index is 12.3. The highest BCUT2D eigenvalue weighted by atomic mass is 35.5. The molecule has 20 heavy (non-hydrogen) atoms. The summed E-state index contributed by atoms with van der Waals surface area (Å²) >= 11 is 12.1. The van der Waals surface area contributed by atoms with Crippen molar-refractivity contribution in [2.75, 3.05) is 13.1 Å². The Bertz CT molecular complexity index is 473. The van der Waals surface area contributed by atoms with Crippen molar-refractivity contribution < 1.29 is 4.79 Å². The molecule has 1 atom stereocenters. The summed E-state index contributed by atoms with van der Waals surface area (Å²) in [5, 5.41) is 4.55. The summed E-state index contributed by atoms with van der Waals surface area (Å²) < 4.78 is 0. The number of amides is 1. The molecule has 1 fully saturated rings. The van der Waals surface area contributed by atoms with E-state index in [4.69, 9.17) is 23.2 Å². The van der Waals surface area contributed by atoms with Crippen molar-refractivity contribution in [3.63, 3.8) is 0 Å². The second-order valence-electron chi connectivity index (χ2n) is 5.22. The van der Waals surface area contributed by atoms with Gasteiger partial charge in [0.1, 0.15) is 0 Å². The number of halogens is 2. The van der Waals surface area contributed by atoms with Gasteiger partial charge < -0.3 is 10.2 Å². The minimum absolute atomic E-state index is 0.169. The highest BCUT2D eigenvalue weighted by molar-refractivity contribution is 6.33. The first-order valence-electron chi connectivity index (χ1n) is 7.04. The molecule has 0 aromatic heterocycles. The predicted octanol–water partition coefficient (Wildman–Crippen LogP) is 3.48. The number of piperidine rings is 1. The van der Waals surface area contributed by atoms with Crippen molar-refractivity contribution in [3.8, 4) is 0 Å². The number of benzene rings is 1. The molecule has 1 aromatic rings. The van der Waals surface area contributed by atoms with Crippen LogP contribution in [0.4, 0.5) is 0 Å². The highest BCUT2D eigenvalue weighted by Gasteiger charge is 2.21. The van der Waals surface area contributed by atoms with E-state index in [9.17, 15) is 4.79 Å². The van der Waals surface area contributed by atoms with Crippen molar-refractivity contribution in [2.45, 2.75) is 38.8 Å². The molecule has 0 radical (unpaired) electrons. The van der Waals surface area contributed by atoms with E-state index in [1.807, 2.05) is 17.9 Å². The first kappa shape index (κ1) is 15.6. The van der Waals surface area contributed by atoms with Crippen LogP contribution in [0.15, 0.2) is 18.2 Å². The Hall–Kier alpha value is -0.770. The number of rotatable bonds is 4. The summed E-state index contributed by atoms with van der Waals surface area (Å²) in [4.78, 5) is 14.2. The molecule has 1 N–H and O–H groups in total. The quantitative estimate of drug-likeness (QED) is 0.922. The van der Waals surface area contributed by atoms with Gasteiger partial charge >= 0.3 is 0 Å². The van der Waals surface area contributed by atoms with Gasteiger partial charge in [0.15, 0.2) is 0 Å². The lowest BCUT2D eigenvalue weighted by Crippen LogP contribution is -2.46. The van der Waals surface area contributed by atoms with Gasteiger partial charge in [-0.1, -0.05) is 23.2 Å². The minimum atomic E-state index is -0.205. The Morgan fingerprint density at radius 2 is 2.00 bits per heavy atom. The number of carbonyl (C=O) groups is 1. The number of hydrogen-bond acceptors (Lipinski definition) is 2. The molecule has 1 aliphatic rings. The van der Waals surface area contributed by atoms with Crippen LogP contribution in [0.5, 0.6) is 0 Å². The van der Waals surface area contributed by atoms with Crippen molar-refractivity contribution in [2.24, 2.45) is 0 Å². The Kier molecular flexibility index (Phi) is 5.70. The smallest absolute Gasteiger partial charge is 0.239 e. The lowest BCUT2D eigenvalue weighted by molar-refractivity contribution is -0.133. The Morgan fingerprint density at radius 3 is 2.70 bits per heavy atom. The molecule has 1 aromatic carbocycles. The maximum Gasteiger partial charge on any atom is 0.239 e. The molecule has 0 bridgehead atoms. The van der Waals surface area contributed by atoms with Gasteiger partial charge in [-0.15, -0.1) is 0 Å². The average Bonchev–Trinajstić information content (AvgIpc) is 2.48. The third-order valence-electron chi connectivity index (χ3n) is 3.64. The van der Waals surface area contributed by atoms with Crippen LogP contribution >= 0.6 is 23.2 Å². The number of carbonyl (C=O) groups excluding carboxylic acids is 1. The third kappa shape index (κ3) is 4.11. The first-order chi connectivity index (χ1) is 9.58. The molecule has 1 amide bonds. The fraction of sp³-hybridized carbons (Fsp3) is 0.533. The summed E-state index contributed by atoms with van der Waals surface area (Å²) in [7, 11) is 0. The molecule has 1 aliphatic heterocycles. The number of nitrogens with zero attached hydrogens (tertiary/aromatic N) is 1. The fourth-order valence-electron chi connectivity index (χ4n) is 2.42. The molecule has 0 saturated carbocycles.